The van der Waals surface area contributed by atoms with Gasteiger partial charge in [0, 0.05) is 46.1 Å². The number of pyridine rings is 1. The minimum absolute atomic E-state index is 0.0614. The molecule has 0 spiro atoms. The number of methoxy groups -OCH3 is 1. The van der Waals surface area contributed by atoms with Gasteiger partial charge in [-0.1, -0.05) is 0 Å². The molecule has 2 heterocycles. The summed E-state index contributed by atoms with van der Waals surface area (Å²) in [5.74, 6) is 0.409. The summed E-state index contributed by atoms with van der Waals surface area (Å²) in [4.78, 5) is 33.7. The van der Waals surface area contributed by atoms with Crippen LogP contribution in [0.4, 0.5) is 4.79 Å². The van der Waals surface area contributed by atoms with Gasteiger partial charge < -0.3 is 24.0 Å². The summed E-state index contributed by atoms with van der Waals surface area (Å²) < 4.78 is 44.2. The van der Waals surface area contributed by atoms with Gasteiger partial charge in [-0.25, -0.2) is 13.2 Å². The van der Waals surface area contributed by atoms with Gasteiger partial charge in [0.2, 0.25) is 15.9 Å². The van der Waals surface area contributed by atoms with E-state index in [9.17, 15) is 18.0 Å². The smallest absolute Gasteiger partial charge is 0.410 e. The maximum atomic E-state index is 13.2. The molecule has 1 fully saturated rings. The third kappa shape index (κ3) is 7.59. The number of hydrogen-bond acceptors (Lipinski definition) is 8. The number of hydrogen-bond donors (Lipinski definition) is 0. The molecular weight excluding hydrogens is 560 g/mol. The number of likely N-dealkylation sites (N-methyl/N-ethyl adjacent to an activating group) is 1. The molecule has 0 radical (unpaired) electrons. The van der Waals surface area contributed by atoms with Crippen LogP contribution in [0.2, 0.25) is 0 Å². The van der Waals surface area contributed by atoms with E-state index in [0.29, 0.717) is 42.8 Å². The third-order valence-corrected chi connectivity index (χ3v) is 9.75. The van der Waals surface area contributed by atoms with Gasteiger partial charge in [0.25, 0.3) is 0 Å². The average molecular weight is 605 g/mol. The molecule has 1 aromatic carbocycles. The molecule has 11 nitrogen and oxygen atoms in total. The van der Waals surface area contributed by atoms with Crippen LogP contribution in [0.3, 0.4) is 0 Å². The first-order valence-electron chi connectivity index (χ1n) is 14.0. The first-order chi connectivity index (χ1) is 19.6. The van der Waals surface area contributed by atoms with Gasteiger partial charge in [0.1, 0.15) is 18.0 Å². The second-order valence-corrected chi connectivity index (χ2v) is 13.6. The highest BCUT2D eigenvalue weighted by Crippen LogP contribution is 2.39. The first-order valence-corrected chi connectivity index (χ1v) is 15.4. The van der Waals surface area contributed by atoms with Gasteiger partial charge in [0.15, 0.2) is 0 Å². The molecule has 0 saturated carbocycles. The quantitative estimate of drug-likeness (QED) is 0.377. The summed E-state index contributed by atoms with van der Waals surface area (Å²) >= 11 is 0. The standard InChI is InChI=1S/C30H44N4O7S/c1-22-19-25(39-8)20-23(2)27(22)42(37,38)32(6)17-18-40-21-26(35)34-15-11-30(12-16-34,24-9-13-31-14-10-24)33(7)28(36)41-29(3,4)5/h9-10,13-14,19-20H,11-12,15-18,21H2,1-8H3. The molecule has 42 heavy (non-hydrogen) atoms. The number of aryl methyl sites for hydroxylation is 2. The summed E-state index contributed by atoms with van der Waals surface area (Å²) in [6.45, 7) is 9.77. The summed E-state index contributed by atoms with van der Waals surface area (Å²) in [6, 6.07) is 7.16. The van der Waals surface area contributed by atoms with Gasteiger partial charge in [-0.2, -0.15) is 4.31 Å². The fourth-order valence-corrected chi connectivity index (χ4v) is 6.82. The van der Waals surface area contributed by atoms with Gasteiger partial charge >= 0.3 is 6.09 Å². The van der Waals surface area contributed by atoms with Crippen LogP contribution in [0.1, 0.15) is 50.3 Å². The Morgan fingerprint density at radius 3 is 2.14 bits per heavy atom. The summed E-state index contributed by atoms with van der Waals surface area (Å²) in [6.07, 6.45) is 3.99. The second-order valence-electron chi connectivity index (χ2n) is 11.7. The molecule has 1 aliphatic rings. The van der Waals surface area contributed by atoms with Crippen molar-refractivity contribution in [3.63, 3.8) is 0 Å². The lowest BCUT2D eigenvalue weighted by molar-refractivity contribution is -0.138. The van der Waals surface area contributed by atoms with Gasteiger partial charge in [-0.3, -0.25) is 9.78 Å². The van der Waals surface area contributed by atoms with E-state index in [2.05, 4.69) is 4.98 Å². The normalized spacial score (nSPS) is 15.4. The van der Waals surface area contributed by atoms with Crippen LogP contribution in [-0.2, 0) is 29.8 Å². The first kappa shape index (κ1) is 33.3. The maximum absolute atomic E-state index is 13.2. The molecule has 2 amide bonds. The molecule has 0 unspecified atom stereocenters. The van der Waals surface area contributed by atoms with E-state index in [1.54, 1.807) is 55.2 Å². The number of piperidine rings is 1. The van der Waals surface area contributed by atoms with Crippen LogP contribution in [0.25, 0.3) is 0 Å². The van der Waals surface area contributed by atoms with E-state index in [4.69, 9.17) is 14.2 Å². The Kier molecular flexibility index (Phi) is 10.6. The number of sulfonamides is 1. The fourth-order valence-electron chi connectivity index (χ4n) is 5.27. The van der Waals surface area contributed by atoms with Crippen molar-refractivity contribution in [3.8, 4) is 5.75 Å². The number of ether oxygens (including phenoxy) is 3. The molecule has 12 heteroatoms. The summed E-state index contributed by atoms with van der Waals surface area (Å²) in [7, 11) is 1.01. The Labute approximate surface area is 249 Å². The lowest BCUT2D eigenvalue weighted by atomic mass is 9.80. The topological polar surface area (TPSA) is 119 Å². The van der Waals surface area contributed by atoms with E-state index < -0.39 is 27.3 Å². The minimum atomic E-state index is -3.76. The number of carbonyl (C=O) groups is 2. The zero-order valence-electron chi connectivity index (χ0n) is 26.0. The van der Waals surface area contributed by atoms with Crippen molar-refractivity contribution in [1.82, 2.24) is 19.1 Å². The Morgan fingerprint density at radius 1 is 1.05 bits per heavy atom. The molecule has 1 saturated heterocycles. The fraction of sp³-hybridized carbons (Fsp3) is 0.567. The zero-order valence-corrected chi connectivity index (χ0v) is 26.8. The summed E-state index contributed by atoms with van der Waals surface area (Å²) in [5.41, 5.74) is 0.830. The van der Waals surface area contributed by atoms with Crippen molar-refractivity contribution in [1.29, 1.82) is 0 Å². The molecule has 0 N–H and O–H groups in total. The highest BCUT2D eigenvalue weighted by Gasteiger charge is 2.44. The number of rotatable bonds is 10. The Bertz CT molecular complexity index is 1330. The minimum Gasteiger partial charge on any atom is -0.497 e. The Morgan fingerprint density at radius 2 is 1.62 bits per heavy atom. The Hall–Kier alpha value is -3.22. The number of carbonyl (C=O) groups excluding carboxylic acids is 2. The van der Waals surface area contributed by atoms with Crippen molar-refractivity contribution in [2.75, 3.05) is 54.1 Å². The average Bonchev–Trinajstić information content (AvgIpc) is 2.93. The van der Waals surface area contributed by atoms with E-state index >= 15 is 0 Å². The number of likely N-dealkylation sites (tertiary alicyclic amines) is 1. The molecule has 0 atom stereocenters. The highest BCUT2D eigenvalue weighted by molar-refractivity contribution is 7.89. The van der Waals surface area contributed by atoms with E-state index in [1.807, 2.05) is 32.9 Å². The lowest BCUT2D eigenvalue weighted by Crippen LogP contribution is -2.55. The van der Waals surface area contributed by atoms with Crippen molar-refractivity contribution < 1.29 is 32.2 Å². The van der Waals surface area contributed by atoms with E-state index in [0.717, 1.165) is 5.56 Å². The van der Waals surface area contributed by atoms with Crippen LogP contribution in [0, 0.1) is 13.8 Å². The van der Waals surface area contributed by atoms with Crippen molar-refractivity contribution in [2.45, 2.75) is 63.5 Å². The predicted molar refractivity (Wildman–Crippen MR) is 159 cm³/mol. The largest absolute Gasteiger partial charge is 0.497 e. The zero-order chi connectivity index (χ0) is 31.3. The molecule has 232 valence electrons. The van der Waals surface area contributed by atoms with Crippen LogP contribution in [0.15, 0.2) is 41.6 Å². The third-order valence-electron chi connectivity index (χ3n) is 7.58. The number of nitrogens with zero attached hydrogens (tertiary/aromatic N) is 4. The van der Waals surface area contributed by atoms with Crippen molar-refractivity contribution in [2.24, 2.45) is 0 Å². The van der Waals surface area contributed by atoms with Gasteiger partial charge in [0.05, 0.1) is 24.2 Å². The number of benzene rings is 1. The van der Waals surface area contributed by atoms with Crippen molar-refractivity contribution in [3.05, 3.63) is 53.3 Å². The highest BCUT2D eigenvalue weighted by atomic mass is 32.2. The van der Waals surface area contributed by atoms with Crippen LogP contribution >= 0.6 is 0 Å². The van der Waals surface area contributed by atoms with Crippen LogP contribution in [0.5, 0.6) is 5.75 Å². The maximum Gasteiger partial charge on any atom is 0.410 e. The summed E-state index contributed by atoms with van der Waals surface area (Å²) in [5, 5.41) is 0. The van der Waals surface area contributed by atoms with Gasteiger partial charge in [-0.05, 0) is 88.4 Å². The SMILES string of the molecule is COc1cc(C)c(S(=O)(=O)N(C)CCOCC(=O)N2CCC(c3ccncc3)(N(C)C(=O)OC(C)(C)C)CC2)c(C)c1. The molecule has 1 aliphatic heterocycles. The Balaban J connectivity index is 1.58. The van der Waals surface area contributed by atoms with Crippen molar-refractivity contribution >= 4 is 22.0 Å². The molecule has 1 aromatic heterocycles. The van der Waals surface area contributed by atoms with E-state index in [1.165, 1.54) is 18.5 Å². The molecule has 0 aliphatic carbocycles. The van der Waals surface area contributed by atoms with Crippen LogP contribution < -0.4 is 4.74 Å². The van der Waals surface area contributed by atoms with E-state index in [-0.39, 0.29) is 30.6 Å². The molecule has 3 rings (SSSR count). The number of aromatic nitrogens is 1. The van der Waals surface area contributed by atoms with Gasteiger partial charge in [-0.15, -0.1) is 0 Å². The predicted octanol–water partition coefficient (Wildman–Crippen LogP) is 3.73. The molecule has 0 bridgehead atoms. The monoisotopic (exact) mass is 604 g/mol. The molecular formula is C30H44N4O7S. The van der Waals surface area contributed by atoms with Crippen LogP contribution in [-0.4, -0.2) is 99.2 Å². The second kappa shape index (κ2) is 13.4. The molecule has 2 aromatic rings. The lowest BCUT2D eigenvalue weighted by Gasteiger charge is -2.47. The number of amides is 2.